The van der Waals surface area contributed by atoms with E-state index in [4.69, 9.17) is 5.11 Å². The minimum absolute atomic E-state index is 0.0818. The van der Waals surface area contributed by atoms with Crippen molar-refractivity contribution < 1.29 is 27.4 Å². The van der Waals surface area contributed by atoms with Crippen molar-refractivity contribution in [1.82, 2.24) is 0 Å². The van der Waals surface area contributed by atoms with Gasteiger partial charge in [0.1, 0.15) is 12.2 Å². The molecule has 19 heavy (non-hydrogen) atoms. The topological polar surface area (TPSA) is 29.5 Å². The summed E-state index contributed by atoms with van der Waals surface area (Å²) in [7, 11) is 0. The average Bonchev–Trinajstić information content (AvgIpc) is 2.25. The quantitative estimate of drug-likeness (QED) is 0.715. The molecule has 2 nitrogen and oxygen atoms in total. The maximum atomic E-state index is 14.2. The smallest absolute Gasteiger partial charge is 0.361 e. The van der Waals surface area contributed by atoms with Crippen molar-refractivity contribution in [2.45, 2.75) is 65.6 Å². The highest BCUT2D eigenvalue weighted by Gasteiger charge is 2.59. The summed E-state index contributed by atoms with van der Waals surface area (Å²) in [5.41, 5.74) is -4.02. The van der Waals surface area contributed by atoms with E-state index in [0.29, 0.717) is 0 Å². The van der Waals surface area contributed by atoms with Crippen LogP contribution in [0.2, 0.25) is 0 Å². The summed E-state index contributed by atoms with van der Waals surface area (Å²) in [5, 5.41) is 8.62. The number of aliphatic hydroxyl groups is 1. The Labute approximate surface area is 112 Å². The van der Waals surface area contributed by atoms with Crippen LogP contribution in [-0.2, 0) is 4.74 Å². The zero-order valence-corrected chi connectivity index (χ0v) is 12.4. The van der Waals surface area contributed by atoms with E-state index in [-0.39, 0.29) is 6.42 Å². The van der Waals surface area contributed by atoms with Crippen molar-refractivity contribution in [2.24, 2.45) is 11.3 Å². The van der Waals surface area contributed by atoms with Crippen molar-refractivity contribution in [3.05, 3.63) is 0 Å². The van der Waals surface area contributed by atoms with Gasteiger partial charge in [0.2, 0.25) is 0 Å². The van der Waals surface area contributed by atoms with Gasteiger partial charge in [-0.25, -0.2) is 8.78 Å². The molecule has 0 amide bonds. The van der Waals surface area contributed by atoms with Crippen LogP contribution in [0.1, 0.15) is 48.0 Å². The van der Waals surface area contributed by atoms with Crippen LogP contribution in [0.3, 0.4) is 0 Å². The third-order valence-electron chi connectivity index (χ3n) is 4.14. The average molecular weight is 288 g/mol. The van der Waals surface area contributed by atoms with Crippen LogP contribution >= 0.6 is 0 Å². The molecule has 0 saturated carbocycles. The number of hydrogen-bond donors (Lipinski definition) is 1. The molecule has 0 bridgehead atoms. The highest BCUT2D eigenvalue weighted by molar-refractivity contribution is 4.92. The minimum atomic E-state index is -3.75. The molecule has 0 spiro atoms. The van der Waals surface area contributed by atoms with Gasteiger partial charge in [-0.3, -0.25) is 0 Å². The molecule has 0 radical (unpaired) electrons. The highest BCUT2D eigenvalue weighted by atomic mass is 19.3. The molecular formula is C13H24F4O2. The molecule has 1 atom stereocenters. The van der Waals surface area contributed by atoms with E-state index in [1.54, 1.807) is 20.8 Å². The molecule has 0 aliphatic carbocycles. The van der Waals surface area contributed by atoms with Crippen molar-refractivity contribution in [3.8, 4) is 0 Å². The van der Waals surface area contributed by atoms with Crippen molar-refractivity contribution in [3.63, 3.8) is 0 Å². The number of rotatable bonds is 7. The molecule has 0 aromatic heterocycles. The molecule has 0 aliphatic heterocycles. The number of halogens is 4. The predicted molar refractivity (Wildman–Crippen MR) is 65.4 cm³/mol. The Balaban J connectivity index is 5.36. The maximum Gasteiger partial charge on any atom is 0.361 e. The van der Waals surface area contributed by atoms with Crippen molar-refractivity contribution >= 4 is 0 Å². The molecule has 0 aromatic carbocycles. The third kappa shape index (κ3) is 3.40. The van der Waals surface area contributed by atoms with Gasteiger partial charge < -0.3 is 9.84 Å². The van der Waals surface area contributed by atoms with Crippen LogP contribution in [0.4, 0.5) is 17.6 Å². The molecule has 1 unspecified atom stereocenters. The lowest BCUT2D eigenvalue weighted by Crippen LogP contribution is -2.56. The zero-order valence-electron chi connectivity index (χ0n) is 12.4. The van der Waals surface area contributed by atoms with E-state index in [2.05, 4.69) is 4.74 Å². The lowest BCUT2D eigenvalue weighted by molar-refractivity contribution is -0.381. The molecule has 0 saturated heterocycles. The zero-order chi connectivity index (χ0) is 15.7. The monoisotopic (exact) mass is 288 g/mol. The summed E-state index contributed by atoms with van der Waals surface area (Å²) < 4.78 is 59.8. The molecule has 0 aliphatic rings. The van der Waals surface area contributed by atoms with Crippen LogP contribution < -0.4 is 0 Å². The fourth-order valence-corrected chi connectivity index (χ4v) is 1.65. The van der Waals surface area contributed by atoms with Gasteiger partial charge >= 0.3 is 6.11 Å². The molecule has 0 heterocycles. The van der Waals surface area contributed by atoms with E-state index >= 15 is 0 Å². The second-order valence-electron chi connectivity index (χ2n) is 5.92. The molecule has 0 fully saturated rings. The Morgan fingerprint density at radius 3 is 1.74 bits per heavy atom. The summed E-state index contributed by atoms with van der Waals surface area (Å²) >= 11 is 0. The minimum Gasteiger partial charge on any atom is -0.390 e. The lowest BCUT2D eigenvalue weighted by atomic mass is 9.75. The SMILES string of the molecule is CCC(C)(C(C)C)C(F)(F)OC(C)(C)C(F)(F)CO. The number of aliphatic hydroxyl groups excluding tert-OH is 1. The normalized spacial score (nSPS) is 17.7. The Kier molecular flexibility index (Phi) is 5.45. The predicted octanol–water partition coefficient (Wildman–Crippen LogP) is 4.07. The first-order valence-electron chi connectivity index (χ1n) is 6.34. The van der Waals surface area contributed by atoms with E-state index < -0.39 is 35.6 Å². The highest BCUT2D eigenvalue weighted by Crippen LogP contribution is 2.49. The van der Waals surface area contributed by atoms with Gasteiger partial charge in [-0.15, -0.1) is 0 Å². The first kappa shape index (κ1) is 18.6. The Morgan fingerprint density at radius 2 is 1.47 bits per heavy atom. The van der Waals surface area contributed by atoms with Crippen LogP contribution in [0.25, 0.3) is 0 Å². The summed E-state index contributed by atoms with van der Waals surface area (Å²) in [6, 6.07) is 0. The summed E-state index contributed by atoms with van der Waals surface area (Å²) in [6.45, 7) is 6.23. The van der Waals surface area contributed by atoms with Gasteiger partial charge in [0.05, 0.1) is 5.41 Å². The second-order valence-corrected chi connectivity index (χ2v) is 5.92. The Morgan fingerprint density at radius 1 is 1.05 bits per heavy atom. The largest absolute Gasteiger partial charge is 0.390 e. The van der Waals surface area contributed by atoms with Crippen LogP contribution in [0, 0.1) is 11.3 Å². The molecule has 6 heteroatoms. The van der Waals surface area contributed by atoms with Gasteiger partial charge in [-0.05, 0) is 26.2 Å². The van der Waals surface area contributed by atoms with Gasteiger partial charge in [0.25, 0.3) is 5.92 Å². The van der Waals surface area contributed by atoms with Crippen molar-refractivity contribution in [2.75, 3.05) is 6.61 Å². The summed E-state index contributed by atoms with van der Waals surface area (Å²) in [4.78, 5) is 0. The summed E-state index contributed by atoms with van der Waals surface area (Å²) in [6.07, 6.45) is -3.64. The number of alkyl halides is 4. The van der Waals surface area contributed by atoms with E-state index in [1.165, 1.54) is 6.92 Å². The van der Waals surface area contributed by atoms with E-state index in [9.17, 15) is 17.6 Å². The molecular weight excluding hydrogens is 264 g/mol. The van der Waals surface area contributed by atoms with Gasteiger partial charge in [0.15, 0.2) is 0 Å². The van der Waals surface area contributed by atoms with Gasteiger partial charge in [0, 0.05) is 0 Å². The van der Waals surface area contributed by atoms with E-state index in [0.717, 1.165) is 13.8 Å². The van der Waals surface area contributed by atoms with Gasteiger partial charge in [-0.1, -0.05) is 27.7 Å². The Hall–Kier alpha value is -0.360. The first-order chi connectivity index (χ1) is 8.27. The standard InChI is InChI=1S/C13H24F4O2/c1-7-11(6,9(2)3)13(16,17)19-10(4,5)12(14,15)8-18/h9,18H,7-8H2,1-6H3. The van der Waals surface area contributed by atoms with E-state index in [1.807, 2.05) is 0 Å². The molecule has 116 valence electrons. The van der Waals surface area contributed by atoms with Crippen LogP contribution in [0.5, 0.6) is 0 Å². The number of hydrogen-bond acceptors (Lipinski definition) is 2. The lowest BCUT2D eigenvalue weighted by Gasteiger charge is -2.44. The first-order valence-corrected chi connectivity index (χ1v) is 6.34. The second kappa shape index (κ2) is 5.56. The van der Waals surface area contributed by atoms with Crippen LogP contribution in [0.15, 0.2) is 0 Å². The van der Waals surface area contributed by atoms with Gasteiger partial charge in [-0.2, -0.15) is 8.78 Å². The fourth-order valence-electron chi connectivity index (χ4n) is 1.65. The molecule has 1 N–H and O–H groups in total. The summed E-state index contributed by atoms with van der Waals surface area (Å²) in [5.74, 6) is -4.20. The Bertz CT molecular complexity index is 303. The molecule has 0 aromatic rings. The molecule has 0 rings (SSSR count). The number of ether oxygens (including phenoxy) is 1. The third-order valence-corrected chi connectivity index (χ3v) is 4.14. The maximum absolute atomic E-state index is 14.2. The van der Waals surface area contributed by atoms with Crippen LogP contribution in [-0.4, -0.2) is 29.3 Å². The van der Waals surface area contributed by atoms with Crippen molar-refractivity contribution in [1.29, 1.82) is 0 Å². The fraction of sp³-hybridized carbons (Fsp3) is 1.00.